The molecule has 0 saturated carbocycles. The van der Waals surface area contributed by atoms with Crippen LogP contribution in [-0.2, 0) is 4.74 Å². The molecular formula is C17H30IN3O2. The fourth-order valence-electron chi connectivity index (χ4n) is 2.18. The average Bonchev–Trinajstić information content (AvgIpc) is 2.43. The lowest BCUT2D eigenvalue weighted by molar-refractivity contribution is 0.179. The summed E-state index contributed by atoms with van der Waals surface area (Å²) >= 11 is 0. The second-order valence-electron chi connectivity index (χ2n) is 5.43. The van der Waals surface area contributed by atoms with Gasteiger partial charge in [0.05, 0.1) is 13.2 Å². The van der Waals surface area contributed by atoms with Crippen LogP contribution < -0.4 is 15.4 Å². The predicted molar refractivity (Wildman–Crippen MR) is 107 cm³/mol. The van der Waals surface area contributed by atoms with Gasteiger partial charge in [-0.15, -0.1) is 24.0 Å². The van der Waals surface area contributed by atoms with Gasteiger partial charge < -0.3 is 20.1 Å². The van der Waals surface area contributed by atoms with Crippen molar-refractivity contribution in [3.05, 3.63) is 29.3 Å². The van der Waals surface area contributed by atoms with Crippen LogP contribution in [0.15, 0.2) is 23.2 Å². The molecule has 0 saturated heterocycles. The van der Waals surface area contributed by atoms with Gasteiger partial charge in [-0.2, -0.15) is 0 Å². The summed E-state index contributed by atoms with van der Waals surface area (Å²) in [6.45, 7) is 10.9. The van der Waals surface area contributed by atoms with Crippen molar-refractivity contribution in [2.75, 3.05) is 33.4 Å². The van der Waals surface area contributed by atoms with Crippen LogP contribution >= 0.6 is 24.0 Å². The Morgan fingerprint density at radius 2 is 1.87 bits per heavy atom. The van der Waals surface area contributed by atoms with Gasteiger partial charge in [0.25, 0.3) is 0 Å². The monoisotopic (exact) mass is 435 g/mol. The highest BCUT2D eigenvalue weighted by Crippen LogP contribution is 2.15. The molecule has 1 rings (SSSR count). The standard InChI is InChI=1S/C17H29N3O2.HI/c1-6-18-17(20-15(4)12-21-5)19-7-8-22-16-10-13(2)9-14(3)11-16;/h9-11,15H,6-8,12H2,1-5H3,(H2,18,19,20);1H. The van der Waals surface area contributed by atoms with E-state index < -0.39 is 0 Å². The maximum Gasteiger partial charge on any atom is 0.191 e. The minimum absolute atomic E-state index is 0. The Balaban J connectivity index is 0.00000484. The lowest BCUT2D eigenvalue weighted by atomic mass is 10.1. The average molecular weight is 435 g/mol. The number of ether oxygens (including phenoxy) is 2. The summed E-state index contributed by atoms with van der Waals surface area (Å²) in [5, 5.41) is 6.51. The first kappa shape index (κ1) is 22.0. The molecule has 0 aliphatic rings. The lowest BCUT2D eigenvalue weighted by Gasteiger charge is -2.17. The van der Waals surface area contributed by atoms with E-state index in [1.807, 2.05) is 19.1 Å². The van der Waals surface area contributed by atoms with E-state index in [-0.39, 0.29) is 30.0 Å². The zero-order valence-electron chi connectivity index (χ0n) is 14.8. The molecular weight excluding hydrogens is 405 g/mol. The summed E-state index contributed by atoms with van der Waals surface area (Å²) in [4.78, 5) is 4.51. The summed E-state index contributed by atoms with van der Waals surface area (Å²) in [6, 6.07) is 6.43. The van der Waals surface area contributed by atoms with Crippen LogP contribution in [0.2, 0.25) is 0 Å². The third-order valence-electron chi connectivity index (χ3n) is 2.97. The smallest absolute Gasteiger partial charge is 0.191 e. The number of aryl methyl sites for hydroxylation is 2. The van der Waals surface area contributed by atoms with Gasteiger partial charge in [0.15, 0.2) is 5.96 Å². The molecule has 0 spiro atoms. The maximum absolute atomic E-state index is 5.76. The molecule has 2 N–H and O–H groups in total. The number of aliphatic imine (C=N–C) groups is 1. The van der Waals surface area contributed by atoms with Crippen LogP contribution in [-0.4, -0.2) is 45.4 Å². The summed E-state index contributed by atoms with van der Waals surface area (Å²) in [6.07, 6.45) is 0. The summed E-state index contributed by atoms with van der Waals surface area (Å²) in [5.41, 5.74) is 2.42. The van der Waals surface area contributed by atoms with Crippen molar-refractivity contribution >= 4 is 29.9 Å². The number of halogens is 1. The highest BCUT2D eigenvalue weighted by Gasteiger charge is 2.04. The molecule has 1 aromatic carbocycles. The largest absolute Gasteiger partial charge is 0.492 e. The second kappa shape index (κ2) is 12.4. The molecule has 1 unspecified atom stereocenters. The fourth-order valence-corrected chi connectivity index (χ4v) is 2.18. The van der Waals surface area contributed by atoms with Crippen molar-refractivity contribution in [2.24, 2.45) is 4.99 Å². The predicted octanol–water partition coefficient (Wildman–Crippen LogP) is 2.89. The number of rotatable bonds is 8. The number of hydrogen-bond donors (Lipinski definition) is 2. The first-order chi connectivity index (χ1) is 10.5. The van der Waals surface area contributed by atoms with Crippen LogP contribution in [0, 0.1) is 13.8 Å². The van der Waals surface area contributed by atoms with Gasteiger partial charge in [-0.1, -0.05) is 6.07 Å². The lowest BCUT2D eigenvalue weighted by Crippen LogP contribution is -2.44. The number of guanidine groups is 1. The van der Waals surface area contributed by atoms with Crippen molar-refractivity contribution in [3.8, 4) is 5.75 Å². The Morgan fingerprint density at radius 3 is 2.43 bits per heavy atom. The van der Waals surface area contributed by atoms with Gasteiger partial charge in [0, 0.05) is 19.7 Å². The topological polar surface area (TPSA) is 54.9 Å². The molecule has 0 aliphatic heterocycles. The third-order valence-corrected chi connectivity index (χ3v) is 2.97. The highest BCUT2D eigenvalue weighted by molar-refractivity contribution is 14.0. The molecule has 1 atom stereocenters. The molecule has 0 heterocycles. The SMILES string of the molecule is CCNC(=NCCOc1cc(C)cc(C)c1)NC(C)COC.I. The van der Waals surface area contributed by atoms with E-state index in [1.165, 1.54) is 11.1 Å². The molecule has 0 amide bonds. The van der Waals surface area contributed by atoms with Gasteiger partial charge in [0.2, 0.25) is 0 Å². The van der Waals surface area contributed by atoms with Gasteiger partial charge in [0.1, 0.15) is 12.4 Å². The summed E-state index contributed by atoms with van der Waals surface area (Å²) < 4.78 is 10.9. The van der Waals surface area contributed by atoms with E-state index in [9.17, 15) is 0 Å². The number of nitrogens with zero attached hydrogens (tertiary/aromatic N) is 1. The molecule has 6 heteroatoms. The quantitative estimate of drug-likeness (QED) is 0.286. The second-order valence-corrected chi connectivity index (χ2v) is 5.43. The van der Waals surface area contributed by atoms with E-state index in [0.717, 1.165) is 18.3 Å². The summed E-state index contributed by atoms with van der Waals surface area (Å²) in [7, 11) is 1.69. The number of hydrogen-bond acceptors (Lipinski definition) is 3. The van der Waals surface area contributed by atoms with Crippen LogP contribution in [0.25, 0.3) is 0 Å². The van der Waals surface area contributed by atoms with Gasteiger partial charge >= 0.3 is 0 Å². The molecule has 0 radical (unpaired) electrons. The van der Waals surface area contributed by atoms with Crippen molar-refractivity contribution in [2.45, 2.75) is 33.7 Å². The third kappa shape index (κ3) is 9.65. The van der Waals surface area contributed by atoms with E-state index in [0.29, 0.717) is 19.8 Å². The molecule has 5 nitrogen and oxygen atoms in total. The molecule has 0 fully saturated rings. The zero-order valence-corrected chi connectivity index (χ0v) is 17.1. The number of benzene rings is 1. The number of nitrogens with one attached hydrogen (secondary N) is 2. The Bertz CT molecular complexity index is 461. The zero-order chi connectivity index (χ0) is 16.4. The minimum atomic E-state index is 0. The Labute approximate surface area is 157 Å². The van der Waals surface area contributed by atoms with Crippen LogP contribution in [0.1, 0.15) is 25.0 Å². The van der Waals surface area contributed by atoms with Crippen LogP contribution in [0.3, 0.4) is 0 Å². The molecule has 0 aliphatic carbocycles. The van der Waals surface area contributed by atoms with Crippen LogP contribution in [0.5, 0.6) is 5.75 Å². The maximum atomic E-state index is 5.76. The molecule has 1 aromatic rings. The van der Waals surface area contributed by atoms with E-state index >= 15 is 0 Å². The minimum Gasteiger partial charge on any atom is -0.492 e. The molecule has 132 valence electrons. The number of methoxy groups -OCH3 is 1. The Kier molecular flexibility index (Phi) is 11.9. The van der Waals surface area contributed by atoms with Crippen molar-refractivity contribution in [1.82, 2.24) is 10.6 Å². The van der Waals surface area contributed by atoms with Gasteiger partial charge in [-0.05, 0) is 51.0 Å². The Morgan fingerprint density at radius 1 is 1.22 bits per heavy atom. The Hall–Kier alpha value is -1.02. The van der Waals surface area contributed by atoms with Crippen LogP contribution in [0.4, 0.5) is 0 Å². The van der Waals surface area contributed by atoms with Gasteiger partial charge in [-0.3, -0.25) is 0 Å². The van der Waals surface area contributed by atoms with Gasteiger partial charge in [-0.25, -0.2) is 4.99 Å². The molecule has 0 aromatic heterocycles. The first-order valence-electron chi connectivity index (χ1n) is 7.80. The fraction of sp³-hybridized carbons (Fsp3) is 0.588. The van der Waals surface area contributed by atoms with E-state index in [4.69, 9.17) is 9.47 Å². The normalized spacial score (nSPS) is 12.3. The highest BCUT2D eigenvalue weighted by atomic mass is 127. The van der Waals surface area contributed by atoms with Crippen molar-refractivity contribution in [1.29, 1.82) is 0 Å². The molecule has 23 heavy (non-hydrogen) atoms. The first-order valence-corrected chi connectivity index (χ1v) is 7.80. The summed E-state index contributed by atoms with van der Waals surface area (Å²) in [5.74, 6) is 1.69. The van der Waals surface area contributed by atoms with E-state index in [1.54, 1.807) is 7.11 Å². The van der Waals surface area contributed by atoms with E-state index in [2.05, 4.69) is 42.5 Å². The van der Waals surface area contributed by atoms with Crippen molar-refractivity contribution < 1.29 is 9.47 Å². The van der Waals surface area contributed by atoms with Crippen molar-refractivity contribution in [3.63, 3.8) is 0 Å². The molecule has 0 bridgehead atoms.